The molecule has 0 aromatic heterocycles. The van der Waals surface area contributed by atoms with Gasteiger partial charge in [0.2, 0.25) is 0 Å². The third-order valence-corrected chi connectivity index (χ3v) is 3.05. The lowest BCUT2D eigenvalue weighted by Gasteiger charge is -2.14. The van der Waals surface area contributed by atoms with Crippen LogP contribution in [0.4, 0.5) is 8.78 Å². The van der Waals surface area contributed by atoms with Gasteiger partial charge in [0.1, 0.15) is 0 Å². The molecule has 1 unspecified atom stereocenters. The van der Waals surface area contributed by atoms with Gasteiger partial charge in [-0.1, -0.05) is 17.7 Å². The number of nitrogens with one attached hydrogen (secondary N) is 1. The SMILES string of the molecule is FC(F)c1ccc(Cl)c(C2CCCN2)c1. The molecule has 1 heterocycles. The van der Waals surface area contributed by atoms with Gasteiger partial charge in [-0.25, -0.2) is 8.78 Å². The van der Waals surface area contributed by atoms with Crippen molar-refractivity contribution in [1.29, 1.82) is 0 Å². The van der Waals surface area contributed by atoms with Crippen LogP contribution in [0.1, 0.15) is 36.4 Å². The highest BCUT2D eigenvalue weighted by molar-refractivity contribution is 6.31. The van der Waals surface area contributed by atoms with E-state index in [0.29, 0.717) is 5.02 Å². The number of benzene rings is 1. The lowest BCUT2D eigenvalue weighted by molar-refractivity contribution is 0.151. The van der Waals surface area contributed by atoms with Crippen molar-refractivity contribution in [3.05, 3.63) is 34.3 Å². The highest BCUT2D eigenvalue weighted by Crippen LogP contribution is 2.32. The molecule has 0 bridgehead atoms. The van der Waals surface area contributed by atoms with Crippen molar-refractivity contribution in [2.24, 2.45) is 0 Å². The van der Waals surface area contributed by atoms with Crippen LogP contribution in [0.3, 0.4) is 0 Å². The van der Waals surface area contributed by atoms with Crippen LogP contribution in [0.5, 0.6) is 0 Å². The second-order valence-corrected chi connectivity index (χ2v) is 4.14. The monoisotopic (exact) mass is 231 g/mol. The normalized spacial score (nSPS) is 21.2. The lowest BCUT2D eigenvalue weighted by Crippen LogP contribution is -2.13. The first-order valence-corrected chi connectivity index (χ1v) is 5.37. The van der Waals surface area contributed by atoms with E-state index in [4.69, 9.17) is 11.6 Å². The Balaban J connectivity index is 2.31. The Morgan fingerprint density at radius 1 is 1.40 bits per heavy atom. The minimum absolute atomic E-state index is 0.0445. The summed E-state index contributed by atoms with van der Waals surface area (Å²) in [6.45, 7) is 0.930. The van der Waals surface area contributed by atoms with Gasteiger partial charge in [0, 0.05) is 16.6 Å². The average Bonchev–Trinajstić information content (AvgIpc) is 2.71. The van der Waals surface area contributed by atoms with Crippen molar-refractivity contribution >= 4 is 11.6 Å². The summed E-state index contributed by atoms with van der Waals surface area (Å²) in [5.74, 6) is 0. The molecule has 4 heteroatoms. The fourth-order valence-corrected chi connectivity index (χ4v) is 2.16. The van der Waals surface area contributed by atoms with E-state index in [1.807, 2.05) is 0 Å². The van der Waals surface area contributed by atoms with E-state index >= 15 is 0 Å². The quantitative estimate of drug-likeness (QED) is 0.818. The molecule has 15 heavy (non-hydrogen) atoms. The first kappa shape index (κ1) is 10.8. The average molecular weight is 232 g/mol. The molecule has 1 atom stereocenters. The van der Waals surface area contributed by atoms with Gasteiger partial charge in [-0.05, 0) is 37.1 Å². The van der Waals surface area contributed by atoms with Crippen molar-refractivity contribution in [1.82, 2.24) is 5.32 Å². The van der Waals surface area contributed by atoms with Crippen LogP contribution in [-0.4, -0.2) is 6.54 Å². The summed E-state index contributed by atoms with van der Waals surface area (Å²) in [6, 6.07) is 4.58. The summed E-state index contributed by atoms with van der Waals surface area (Å²) in [6.07, 6.45) is -0.394. The van der Waals surface area contributed by atoms with Crippen LogP contribution >= 0.6 is 11.6 Å². The Hall–Kier alpha value is -0.670. The molecule has 1 fully saturated rings. The topological polar surface area (TPSA) is 12.0 Å². The van der Waals surface area contributed by atoms with Gasteiger partial charge in [-0.3, -0.25) is 0 Å². The van der Waals surface area contributed by atoms with Gasteiger partial charge in [0.25, 0.3) is 6.43 Å². The lowest BCUT2D eigenvalue weighted by atomic mass is 10.0. The summed E-state index contributed by atoms with van der Waals surface area (Å²) in [7, 11) is 0. The molecule has 0 amide bonds. The number of hydrogen-bond acceptors (Lipinski definition) is 1. The summed E-state index contributed by atoms with van der Waals surface area (Å²) < 4.78 is 25.0. The number of halogens is 3. The number of hydrogen-bond donors (Lipinski definition) is 1. The number of rotatable bonds is 2. The van der Waals surface area contributed by atoms with Crippen LogP contribution in [0.15, 0.2) is 18.2 Å². The Morgan fingerprint density at radius 3 is 2.80 bits per heavy atom. The van der Waals surface area contributed by atoms with Crippen LogP contribution in [0.2, 0.25) is 5.02 Å². The Bertz CT molecular complexity index is 348. The van der Waals surface area contributed by atoms with Crippen molar-refractivity contribution in [2.45, 2.75) is 25.3 Å². The van der Waals surface area contributed by atoms with Gasteiger partial charge < -0.3 is 5.32 Å². The first-order valence-electron chi connectivity index (χ1n) is 4.99. The fourth-order valence-electron chi connectivity index (χ4n) is 1.91. The predicted molar refractivity (Wildman–Crippen MR) is 56.4 cm³/mol. The van der Waals surface area contributed by atoms with E-state index in [2.05, 4.69) is 5.32 Å². The molecule has 0 aliphatic carbocycles. The Kier molecular flexibility index (Phi) is 3.22. The third kappa shape index (κ3) is 2.29. The molecule has 1 aliphatic rings. The molecule has 1 saturated heterocycles. The maximum absolute atomic E-state index is 12.5. The highest BCUT2D eigenvalue weighted by atomic mass is 35.5. The van der Waals surface area contributed by atoms with Gasteiger partial charge in [0.05, 0.1) is 0 Å². The van der Waals surface area contributed by atoms with E-state index in [9.17, 15) is 8.78 Å². The van der Waals surface area contributed by atoms with Crippen molar-refractivity contribution < 1.29 is 8.78 Å². The molecule has 0 radical (unpaired) electrons. The molecule has 2 rings (SSSR count). The largest absolute Gasteiger partial charge is 0.310 e. The smallest absolute Gasteiger partial charge is 0.263 e. The Morgan fingerprint density at radius 2 is 2.20 bits per heavy atom. The third-order valence-electron chi connectivity index (χ3n) is 2.71. The summed E-state index contributed by atoms with van der Waals surface area (Å²) in [5, 5.41) is 3.82. The van der Waals surface area contributed by atoms with Crippen LogP contribution < -0.4 is 5.32 Å². The van der Waals surface area contributed by atoms with E-state index < -0.39 is 6.43 Å². The number of alkyl halides is 2. The van der Waals surface area contributed by atoms with E-state index in [0.717, 1.165) is 24.9 Å². The molecule has 1 aromatic carbocycles. The maximum Gasteiger partial charge on any atom is 0.263 e. The van der Waals surface area contributed by atoms with Crippen LogP contribution in [0.25, 0.3) is 0 Å². The van der Waals surface area contributed by atoms with Gasteiger partial charge in [-0.15, -0.1) is 0 Å². The zero-order chi connectivity index (χ0) is 10.8. The second kappa shape index (κ2) is 4.45. The van der Waals surface area contributed by atoms with Crippen molar-refractivity contribution in [3.63, 3.8) is 0 Å². The van der Waals surface area contributed by atoms with E-state index in [-0.39, 0.29) is 11.6 Å². The Labute approximate surface area is 92.4 Å². The molecule has 1 aliphatic heterocycles. The molecule has 1 nitrogen and oxygen atoms in total. The minimum atomic E-state index is -2.43. The predicted octanol–water partition coefficient (Wildman–Crippen LogP) is 3.70. The second-order valence-electron chi connectivity index (χ2n) is 3.73. The van der Waals surface area contributed by atoms with E-state index in [1.165, 1.54) is 12.1 Å². The fraction of sp³-hybridized carbons (Fsp3) is 0.455. The zero-order valence-corrected chi connectivity index (χ0v) is 8.90. The summed E-state index contributed by atoms with van der Waals surface area (Å²) >= 11 is 6.00. The zero-order valence-electron chi connectivity index (χ0n) is 8.14. The van der Waals surface area contributed by atoms with Gasteiger partial charge >= 0.3 is 0 Å². The molecular formula is C11H12ClF2N. The first-order chi connectivity index (χ1) is 7.18. The molecular weight excluding hydrogens is 220 g/mol. The van der Waals surface area contributed by atoms with Gasteiger partial charge in [-0.2, -0.15) is 0 Å². The highest BCUT2D eigenvalue weighted by Gasteiger charge is 2.20. The molecule has 1 aromatic rings. The van der Waals surface area contributed by atoms with Gasteiger partial charge in [0.15, 0.2) is 0 Å². The molecule has 1 N–H and O–H groups in total. The summed E-state index contributed by atoms with van der Waals surface area (Å²) in [4.78, 5) is 0. The standard InChI is InChI=1S/C11H12ClF2N/c12-9-4-3-7(11(13)14)6-8(9)10-2-1-5-15-10/h3-4,6,10-11,15H,1-2,5H2. The molecule has 0 saturated carbocycles. The summed E-state index contributed by atoms with van der Waals surface area (Å²) in [5.41, 5.74) is 0.843. The van der Waals surface area contributed by atoms with Crippen LogP contribution in [-0.2, 0) is 0 Å². The maximum atomic E-state index is 12.5. The molecule has 0 spiro atoms. The van der Waals surface area contributed by atoms with E-state index in [1.54, 1.807) is 6.07 Å². The molecule has 82 valence electrons. The van der Waals surface area contributed by atoms with Crippen LogP contribution in [0, 0.1) is 0 Å². The van der Waals surface area contributed by atoms with Crippen molar-refractivity contribution in [3.8, 4) is 0 Å². The van der Waals surface area contributed by atoms with Crippen molar-refractivity contribution in [2.75, 3.05) is 6.54 Å². The minimum Gasteiger partial charge on any atom is -0.310 e.